The second-order valence-electron chi connectivity index (χ2n) is 1.65. The quantitative estimate of drug-likeness (QED) is 0.379. The summed E-state index contributed by atoms with van der Waals surface area (Å²) >= 11 is 0. The smallest absolute Gasteiger partial charge is 0.354 e. The lowest BCUT2D eigenvalue weighted by molar-refractivity contribution is -0.170. The third kappa shape index (κ3) is 3.31. The molecule has 0 amide bonds. The van der Waals surface area contributed by atoms with Crippen molar-refractivity contribution in [1.29, 1.82) is 0 Å². The lowest BCUT2D eigenvalue weighted by Crippen LogP contribution is -2.32. The van der Waals surface area contributed by atoms with Gasteiger partial charge in [-0.15, -0.1) is 0 Å². The van der Waals surface area contributed by atoms with E-state index in [2.05, 4.69) is 4.74 Å². The van der Waals surface area contributed by atoms with Gasteiger partial charge in [-0.25, -0.2) is 9.59 Å². The Morgan fingerprint density at radius 2 is 1.82 bits per heavy atom. The van der Waals surface area contributed by atoms with Gasteiger partial charge in [-0.3, -0.25) is 4.79 Å². The van der Waals surface area contributed by atoms with Crippen molar-refractivity contribution in [2.75, 3.05) is 0 Å². The number of aliphatic hydroxyl groups excluding tert-OH is 1. The summed E-state index contributed by atoms with van der Waals surface area (Å²) in [5.74, 6) is -4.20. The van der Waals surface area contributed by atoms with Gasteiger partial charge in [-0.2, -0.15) is 0 Å². The number of hydrogen-bond acceptors (Lipinski definition) is 5. The summed E-state index contributed by atoms with van der Waals surface area (Å²) in [5.41, 5.74) is 0. The molecule has 0 saturated carbocycles. The first kappa shape index (κ1) is 9.57. The van der Waals surface area contributed by atoms with Gasteiger partial charge in [0.25, 0.3) is 0 Å². The molecule has 0 rings (SSSR count). The highest BCUT2D eigenvalue weighted by Crippen LogP contribution is 1.88. The number of carboxylic acids is 1. The van der Waals surface area contributed by atoms with Crippen LogP contribution in [-0.4, -0.2) is 34.2 Å². The van der Waals surface area contributed by atoms with Crippen LogP contribution in [0.15, 0.2) is 0 Å². The van der Waals surface area contributed by atoms with Crippen molar-refractivity contribution in [2.24, 2.45) is 0 Å². The maximum atomic E-state index is 10.3. The molecule has 62 valence electrons. The molecule has 0 spiro atoms. The molecule has 0 aliphatic heterocycles. The summed E-state index contributed by atoms with van der Waals surface area (Å²) in [4.78, 5) is 30.2. The molecule has 0 radical (unpaired) electrons. The van der Waals surface area contributed by atoms with Crippen molar-refractivity contribution in [3.63, 3.8) is 0 Å². The highest BCUT2D eigenvalue weighted by molar-refractivity contribution is 6.00. The standard InChI is InChI=1S/C5H6O6/c1-2(6)11-5(10)3(7)4(8)9/h3,7H,1H3,(H,8,9). The maximum Gasteiger partial charge on any atom is 0.354 e. The molecule has 11 heavy (non-hydrogen) atoms. The zero-order valence-corrected chi connectivity index (χ0v) is 5.60. The molecule has 0 aliphatic carbocycles. The maximum absolute atomic E-state index is 10.3. The second-order valence-corrected chi connectivity index (χ2v) is 1.65. The molecule has 1 atom stereocenters. The van der Waals surface area contributed by atoms with Gasteiger partial charge in [-0.05, 0) is 0 Å². The first-order valence-electron chi connectivity index (χ1n) is 2.58. The van der Waals surface area contributed by atoms with Crippen LogP contribution in [0, 0.1) is 0 Å². The van der Waals surface area contributed by atoms with Crippen molar-refractivity contribution in [3.05, 3.63) is 0 Å². The minimum atomic E-state index is -2.29. The Labute approximate surface area is 61.4 Å². The molecule has 0 saturated heterocycles. The third-order valence-corrected chi connectivity index (χ3v) is 0.701. The number of ether oxygens (including phenoxy) is 1. The highest BCUT2D eigenvalue weighted by Gasteiger charge is 2.25. The van der Waals surface area contributed by atoms with E-state index in [9.17, 15) is 14.4 Å². The first-order valence-corrected chi connectivity index (χ1v) is 2.58. The topological polar surface area (TPSA) is 101 Å². The molecule has 0 aromatic carbocycles. The summed E-state index contributed by atoms with van der Waals surface area (Å²) in [6.07, 6.45) is -2.29. The molecule has 0 aliphatic rings. The van der Waals surface area contributed by atoms with Crippen LogP contribution in [0.3, 0.4) is 0 Å². The Kier molecular flexibility index (Phi) is 3.19. The lowest BCUT2D eigenvalue weighted by atomic mass is 10.4. The van der Waals surface area contributed by atoms with E-state index in [1.54, 1.807) is 0 Å². The van der Waals surface area contributed by atoms with E-state index in [0.717, 1.165) is 6.92 Å². The number of hydrogen-bond donors (Lipinski definition) is 2. The molecule has 0 aromatic heterocycles. The van der Waals surface area contributed by atoms with E-state index in [0.29, 0.717) is 0 Å². The predicted octanol–water partition coefficient (Wildman–Crippen LogP) is -1.48. The molecule has 0 bridgehead atoms. The van der Waals surface area contributed by atoms with Gasteiger partial charge in [0.05, 0.1) is 0 Å². The van der Waals surface area contributed by atoms with Gasteiger partial charge >= 0.3 is 17.9 Å². The average molecular weight is 162 g/mol. The summed E-state index contributed by atoms with van der Waals surface area (Å²) in [5, 5.41) is 16.4. The molecule has 0 aromatic rings. The SMILES string of the molecule is CC(=O)OC(=O)C(O)C(=O)O. The lowest BCUT2D eigenvalue weighted by Gasteiger charge is -2.01. The average Bonchev–Trinajstić information content (AvgIpc) is 1.84. The summed E-state index contributed by atoms with van der Waals surface area (Å²) in [6, 6.07) is 0. The number of carboxylic acid groups (broad SMARTS) is 1. The zero-order valence-electron chi connectivity index (χ0n) is 5.60. The molecule has 1 unspecified atom stereocenters. The first-order chi connectivity index (χ1) is 4.95. The van der Waals surface area contributed by atoms with Crippen LogP contribution in [0.4, 0.5) is 0 Å². The van der Waals surface area contributed by atoms with Crippen molar-refractivity contribution in [2.45, 2.75) is 13.0 Å². The van der Waals surface area contributed by atoms with Crippen LogP contribution < -0.4 is 0 Å². The third-order valence-electron chi connectivity index (χ3n) is 0.701. The fourth-order valence-electron chi connectivity index (χ4n) is 0.298. The molecular formula is C5H6O6. The van der Waals surface area contributed by atoms with E-state index >= 15 is 0 Å². The monoisotopic (exact) mass is 162 g/mol. The summed E-state index contributed by atoms with van der Waals surface area (Å²) in [6.45, 7) is 0.923. The van der Waals surface area contributed by atoms with Gasteiger partial charge in [-0.1, -0.05) is 0 Å². The highest BCUT2D eigenvalue weighted by atomic mass is 16.6. The van der Waals surface area contributed by atoms with Crippen LogP contribution in [0.2, 0.25) is 0 Å². The van der Waals surface area contributed by atoms with Gasteiger partial charge < -0.3 is 14.9 Å². The fraction of sp³-hybridized carbons (Fsp3) is 0.400. The summed E-state index contributed by atoms with van der Waals surface area (Å²) < 4.78 is 3.76. The van der Waals surface area contributed by atoms with Crippen molar-refractivity contribution in [3.8, 4) is 0 Å². The normalized spacial score (nSPS) is 11.8. The molecule has 0 heterocycles. The Hall–Kier alpha value is -1.43. The molecule has 0 fully saturated rings. The van der Waals surface area contributed by atoms with Crippen LogP contribution in [0.25, 0.3) is 0 Å². The van der Waals surface area contributed by atoms with E-state index < -0.39 is 24.0 Å². The number of carbonyl (C=O) groups excluding carboxylic acids is 2. The largest absolute Gasteiger partial charge is 0.479 e. The van der Waals surface area contributed by atoms with E-state index in [1.807, 2.05) is 0 Å². The predicted molar refractivity (Wildman–Crippen MR) is 30.4 cm³/mol. The van der Waals surface area contributed by atoms with Crippen LogP contribution in [-0.2, 0) is 19.1 Å². The minimum absolute atomic E-state index is 0.923. The van der Waals surface area contributed by atoms with Gasteiger partial charge in [0.1, 0.15) is 0 Å². The second kappa shape index (κ2) is 3.67. The van der Waals surface area contributed by atoms with E-state index in [1.165, 1.54) is 0 Å². The Balaban J connectivity index is 4.04. The molecule has 6 heteroatoms. The molecular weight excluding hydrogens is 156 g/mol. The number of aliphatic carboxylic acids is 1. The van der Waals surface area contributed by atoms with Crippen molar-refractivity contribution >= 4 is 17.9 Å². The Bertz CT molecular complexity index is 195. The number of rotatable bonds is 2. The van der Waals surface area contributed by atoms with Gasteiger partial charge in [0.2, 0.25) is 6.10 Å². The van der Waals surface area contributed by atoms with Crippen LogP contribution in [0.1, 0.15) is 6.92 Å². The van der Waals surface area contributed by atoms with E-state index in [4.69, 9.17) is 10.2 Å². The fourth-order valence-corrected chi connectivity index (χ4v) is 0.298. The number of aliphatic hydroxyl groups is 1. The zero-order chi connectivity index (χ0) is 9.02. The van der Waals surface area contributed by atoms with Crippen LogP contribution >= 0.6 is 0 Å². The van der Waals surface area contributed by atoms with E-state index in [-0.39, 0.29) is 0 Å². The van der Waals surface area contributed by atoms with Gasteiger partial charge in [0.15, 0.2) is 0 Å². The Morgan fingerprint density at radius 1 is 1.36 bits per heavy atom. The van der Waals surface area contributed by atoms with Crippen molar-refractivity contribution in [1.82, 2.24) is 0 Å². The Morgan fingerprint density at radius 3 is 2.09 bits per heavy atom. The van der Waals surface area contributed by atoms with Crippen LogP contribution in [0.5, 0.6) is 0 Å². The number of esters is 2. The molecule has 2 N–H and O–H groups in total. The number of carbonyl (C=O) groups is 3. The minimum Gasteiger partial charge on any atom is -0.479 e. The van der Waals surface area contributed by atoms with Crippen molar-refractivity contribution < 1.29 is 29.3 Å². The molecule has 6 nitrogen and oxygen atoms in total. The van der Waals surface area contributed by atoms with Gasteiger partial charge in [0, 0.05) is 6.92 Å². The summed E-state index contributed by atoms with van der Waals surface area (Å²) in [7, 11) is 0.